The Morgan fingerprint density at radius 2 is 2.00 bits per heavy atom. The number of hydrogen-bond acceptors (Lipinski definition) is 7. The number of primary amides is 1. The van der Waals surface area contributed by atoms with Crippen molar-refractivity contribution in [3.8, 4) is 0 Å². The van der Waals surface area contributed by atoms with Gasteiger partial charge in [0.25, 0.3) is 17.7 Å². The Labute approximate surface area is 170 Å². The summed E-state index contributed by atoms with van der Waals surface area (Å²) >= 11 is 1.10. The lowest BCUT2D eigenvalue weighted by Gasteiger charge is -2.30. The lowest BCUT2D eigenvalue weighted by atomic mass is 9.82. The number of nitrogens with one attached hydrogen (secondary N) is 2. The van der Waals surface area contributed by atoms with Crippen molar-refractivity contribution in [1.29, 1.82) is 0 Å². The fraction of sp³-hybridized carbons (Fsp3) is 0.500. The number of urea groups is 1. The van der Waals surface area contributed by atoms with E-state index in [0.29, 0.717) is 12.8 Å². The molecule has 156 valence electrons. The van der Waals surface area contributed by atoms with E-state index in [1.807, 2.05) is 0 Å². The summed E-state index contributed by atoms with van der Waals surface area (Å²) in [7, 11) is 0. The maximum Gasteiger partial charge on any atom is 0.327 e. The highest BCUT2D eigenvalue weighted by atomic mass is 32.1. The number of rotatable bonds is 6. The number of nitrogens with two attached hydrogens (primary N) is 1. The second-order valence-electron chi connectivity index (χ2n) is 7.11. The number of imide groups is 1. The maximum absolute atomic E-state index is 12.7. The molecule has 2 aliphatic rings. The Kier molecular flexibility index (Phi) is 5.87. The number of carbonyl (C=O) groups is 5. The van der Waals surface area contributed by atoms with Crippen molar-refractivity contribution in [3.05, 3.63) is 17.0 Å². The minimum atomic E-state index is -1.20. The number of hydrogen-bond donors (Lipinski definition) is 3. The smallest absolute Gasteiger partial charge is 0.327 e. The zero-order valence-electron chi connectivity index (χ0n) is 15.9. The average molecular weight is 422 g/mol. The van der Waals surface area contributed by atoms with Crippen molar-refractivity contribution >= 4 is 46.1 Å². The number of anilines is 1. The molecule has 5 amide bonds. The lowest BCUT2D eigenvalue weighted by molar-refractivity contribution is -0.155. The molecule has 2 heterocycles. The molecular formula is C18H22N4O6S. The van der Waals surface area contributed by atoms with Crippen molar-refractivity contribution in [2.24, 2.45) is 5.73 Å². The Morgan fingerprint density at radius 1 is 1.31 bits per heavy atom. The number of esters is 1. The van der Waals surface area contributed by atoms with Gasteiger partial charge >= 0.3 is 12.0 Å². The second-order valence-corrected chi connectivity index (χ2v) is 8.03. The predicted molar refractivity (Wildman–Crippen MR) is 103 cm³/mol. The first kappa shape index (κ1) is 20.8. The largest absolute Gasteiger partial charge is 0.451 e. The number of thiophene rings is 1. The fourth-order valence-electron chi connectivity index (χ4n) is 3.54. The van der Waals surface area contributed by atoms with Crippen LogP contribution in [0.25, 0.3) is 0 Å². The summed E-state index contributed by atoms with van der Waals surface area (Å²) in [6.45, 7) is 0.773. The third kappa shape index (κ3) is 4.24. The van der Waals surface area contributed by atoms with Gasteiger partial charge in [0.15, 0.2) is 6.10 Å². The van der Waals surface area contributed by atoms with Gasteiger partial charge in [0.2, 0.25) is 0 Å². The molecule has 11 heteroatoms. The molecular weight excluding hydrogens is 400 g/mol. The topological polar surface area (TPSA) is 148 Å². The molecule has 10 nitrogen and oxygen atoms in total. The van der Waals surface area contributed by atoms with E-state index in [0.717, 1.165) is 35.5 Å². The fourth-order valence-corrected chi connectivity index (χ4v) is 4.34. The molecule has 1 aromatic rings. The molecule has 29 heavy (non-hydrogen) atoms. The number of nitrogens with zero attached hydrogens (tertiary/aromatic N) is 1. The first-order valence-corrected chi connectivity index (χ1v) is 10.1. The van der Waals surface area contributed by atoms with Crippen LogP contribution in [0.4, 0.5) is 9.80 Å². The van der Waals surface area contributed by atoms with Crippen molar-refractivity contribution in [3.63, 3.8) is 0 Å². The molecule has 0 bridgehead atoms. The SMILES string of the molecule is C[C@@H](OC(=O)CN1C(=O)NC2(CCCCC2)C1=O)C(=O)Nc1sccc1C(N)=O. The summed E-state index contributed by atoms with van der Waals surface area (Å²) in [5.74, 6) is -2.67. The highest BCUT2D eigenvalue weighted by Crippen LogP contribution is 2.33. The zero-order valence-corrected chi connectivity index (χ0v) is 16.7. The number of amides is 5. The molecule has 1 aliphatic carbocycles. The second kappa shape index (κ2) is 8.19. The van der Waals surface area contributed by atoms with Crippen molar-refractivity contribution in [1.82, 2.24) is 10.2 Å². The lowest BCUT2D eigenvalue weighted by Crippen LogP contribution is -2.48. The maximum atomic E-state index is 12.7. The Morgan fingerprint density at radius 3 is 2.66 bits per heavy atom. The highest BCUT2D eigenvalue weighted by Gasteiger charge is 2.51. The van der Waals surface area contributed by atoms with Gasteiger partial charge in [-0.05, 0) is 31.2 Å². The Bertz CT molecular complexity index is 860. The van der Waals surface area contributed by atoms with Crippen LogP contribution in [0, 0.1) is 0 Å². The summed E-state index contributed by atoms with van der Waals surface area (Å²) in [6.07, 6.45) is 2.56. The Hall–Kier alpha value is -2.95. The van der Waals surface area contributed by atoms with E-state index in [1.165, 1.54) is 13.0 Å². The Balaban J connectivity index is 1.56. The predicted octanol–water partition coefficient (Wildman–Crippen LogP) is 0.972. The van der Waals surface area contributed by atoms with Gasteiger partial charge in [-0.15, -0.1) is 11.3 Å². The van der Waals surface area contributed by atoms with E-state index in [2.05, 4.69) is 10.6 Å². The van der Waals surface area contributed by atoms with E-state index in [-0.39, 0.29) is 10.6 Å². The van der Waals surface area contributed by atoms with Gasteiger partial charge in [-0.1, -0.05) is 19.3 Å². The minimum absolute atomic E-state index is 0.152. The molecule has 3 rings (SSSR count). The molecule has 1 spiro atoms. The van der Waals surface area contributed by atoms with Gasteiger partial charge in [0.05, 0.1) is 5.56 Å². The average Bonchev–Trinajstić information content (AvgIpc) is 3.21. The van der Waals surface area contributed by atoms with Crippen molar-refractivity contribution in [2.45, 2.75) is 50.7 Å². The molecule has 1 aromatic heterocycles. The van der Waals surface area contributed by atoms with E-state index < -0.39 is 47.9 Å². The molecule has 1 aliphatic heterocycles. The van der Waals surface area contributed by atoms with Crippen LogP contribution in [0.3, 0.4) is 0 Å². The third-order valence-electron chi connectivity index (χ3n) is 5.09. The summed E-state index contributed by atoms with van der Waals surface area (Å²) in [6, 6.07) is 0.841. The number of carbonyl (C=O) groups excluding carboxylic acids is 5. The monoisotopic (exact) mass is 422 g/mol. The van der Waals surface area contributed by atoms with Gasteiger partial charge < -0.3 is 21.1 Å². The van der Waals surface area contributed by atoms with Crippen LogP contribution in [0.2, 0.25) is 0 Å². The minimum Gasteiger partial charge on any atom is -0.451 e. The summed E-state index contributed by atoms with van der Waals surface area (Å²) in [4.78, 5) is 61.5. The highest BCUT2D eigenvalue weighted by molar-refractivity contribution is 7.14. The van der Waals surface area contributed by atoms with Gasteiger partial charge in [0, 0.05) is 0 Å². The van der Waals surface area contributed by atoms with E-state index >= 15 is 0 Å². The zero-order chi connectivity index (χ0) is 21.2. The van der Waals surface area contributed by atoms with Crippen LogP contribution >= 0.6 is 11.3 Å². The van der Waals surface area contributed by atoms with Crippen molar-refractivity contribution in [2.75, 3.05) is 11.9 Å². The molecule has 0 radical (unpaired) electrons. The molecule has 0 unspecified atom stereocenters. The molecule has 1 saturated carbocycles. The quantitative estimate of drug-likeness (QED) is 0.460. The standard InChI is InChI=1S/C18H22N4O6S/c1-10(14(25)20-15-11(13(19)24)5-8-29-15)28-12(23)9-22-16(26)18(21-17(22)27)6-3-2-4-7-18/h5,8,10H,2-4,6-7,9H2,1H3,(H2,19,24)(H,20,25)(H,21,27)/t10-/m1/s1. The van der Waals surface area contributed by atoms with Crippen LogP contribution in [0.15, 0.2) is 11.4 Å². The molecule has 1 saturated heterocycles. The third-order valence-corrected chi connectivity index (χ3v) is 5.91. The van der Waals surface area contributed by atoms with E-state index in [4.69, 9.17) is 10.5 Å². The molecule has 4 N–H and O–H groups in total. The van der Waals surface area contributed by atoms with Gasteiger partial charge in [-0.3, -0.25) is 24.1 Å². The first-order chi connectivity index (χ1) is 13.7. The van der Waals surface area contributed by atoms with Gasteiger partial charge in [-0.25, -0.2) is 4.79 Å². The van der Waals surface area contributed by atoms with Crippen LogP contribution in [-0.4, -0.2) is 52.8 Å². The van der Waals surface area contributed by atoms with E-state index in [1.54, 1.807) is 5.38 Å². The number of ether oxygens (including phenoxy) is 1. The van der Waals surface area contributed by atoms with Crippen LogP contribution < -0.4 is 16.4 Å². The molecule has 2 fully saturated rings. The van der Waals surface area contributed by atoms with E-state index in [9.17, 15) is 24.0 Å². The summed E-state index contributed by atoms with van der Waals surface area (Å²) in [5, 5.41) is 7.02. The summed E-state index contributed by atoms with van der Waals surface area (Å²) < 4.78 is 5.06. The van der Waals surface area contributed by atoms with Crippen LogP contribution in [-0.2, 0) is 19.1 Å². The van der Waals surface area contributed by atoms with Gasteiger partial charge in [-0.2, -0.15) is 0 Å². The normalized spacial score (nSPS) is 19.0. The molecule has 1 atom stereocenters. The van der Waals surface area contributed by atoms with Crippen LogP contribution in [0.1, 0.15) is 49.4 Å². The van der Waals surface area contributed by atoms with Gasteiger partial charge in [0.1, 0.15) is 17.1 Å². The van der Waals surface area contributed by atoms with Crippen molar-refractivity contribution < 1.29 is 28.7 Å². The summed E-state index contributed by atoms with van der Waals surface area (Å²) in [5.41, 5.74) is 4.45. The molecule has 0 aromatic carbocycles. The first-order valence-electron chi connectivity index (χ1n) is 9.25. The van der Waals surface area contributed by atoms with Crippen LogP contribution in [0.5, 0.6) is 0 Å².